The molecule has 1 aliphatic heterocycles. The van der Waals surface area contributed by atoms with Gasteiger partial charge in [-0.3, -0.25) is 0 Å². The van der Waals surface area contributed by atoms with Gasteiger partial charge in [0.15, 0.2) is 5.11 Å². The van der Waals surface area contributed by atoms with E-state index in [1.165, 1.54) is 50.5 Å². The fraction of sp³-hybridized carbons (Fsp3) is 0.696. The Morgan fingerprint density at radius 3 is 2.57 bits per heavy atom. The molecule has 0 bridgehead atoms. The number of para-hydroxylation sites is 1. The number of rotatable bonds is 7. The molecule has 1 aromatic carbocycles. The molecule has 28 heavy (non-hydrogen) atoms. The van der Waals surface area contributed by atoms with Crippen LogP contribution in [0.25, 0.3) is 0 Å². The summed E-state index contributed by atoms with van der Waals surface area (Å²) in [5.41, 5.74) is 1.18. The predicted molar refractivity (Wildman–Crippen MR) is 119 cm³/mol. The van der Waals surface area contributed by atoms with Crippen LogP contribution in [0.15, 0.2) is 24.3 Å². The third-order valence-electron chi connectivity index (χ3n) is 5.80. The van der Waals surface area contributed by atoms with Crippen molar-refractivity contribution in [1.29, 1.82) is 0 Å². The van der Waals surface area contributed by atoms with Gasteiger partial charge >= 0.3 is 0 Å². The highest BCUT2D eigenvalue weighted by Crippen LogP contribution is 2.23. The van der Waals surface area contributed by atoms with E-state index < -0.39 is 0 Å². The molecule has 0 amide bonds. The minimum atomic E-state index is 0.274. The number of nitrogens with one attached hydrogen (secondary N) is 1. The van der Waals surface area contributed by atoms with Crippen molar-refractivity contribution in [2.45, 2.75) is 83.4 Å². The van der Waals surface area contributed by atoms with Crippen molar-refractivity contribution in [1.82, 2.24) is 10.2 Å². The molecule has 2 aliphatic rings. The van der Waals surface area contributed by atoms with Gasteiger partial charge in [0.05, 0.1) is 12.7 Å². The maximum Gasteiger partial charge on any atom is 0.169 e. The van der Waals surface area contributed by atoms with Gasteiger partial charge in [-0.1, -0.05) is 50.3 Å². The van der Waals surface area contributed by atoms with Crippen molar-refractivity contribution < 1.29 is 9.47 Å². The molecule has 1 heterocycles. The SMILES string of the molecule is CCOc1ccccc1CN(CC1CCCO1)C(=S)NC1CCCCCCC1. The minimum absolute atomic E-state index is 0.274. The number of nitrogens with zero attached hydrogens (tertiary/aromatic N) is 1. The van der Waals surface area contributed by atoms with Crippen LogP contribution in [0.2, 0.25) is 0 Å². The summed E-state index contributed by atoms with van der Waals surface area (Å²) >= 11 is 5.89. The average molecular weight is 405 g/mol. The molecule has 3 rings (SSSR count). The van der Waals surface area contributed by atoms with Gasteiger partial charge in [-0.25, -0.2) is 0 Å². The van der Waals surface area contributed by atoms with Crippen LogP contribution in [0, 0.1) is 0 Å². The van der Waals surface area contributed by atoms with Crippen LogP contribution in [-0.2, 0) is 11.3 Å². The first-order valence-electron chi connectivity index (χ1n) is 11.1. The largest absolute Gasteiger partial charge is 0.494 e. The second-order valence-electron chi connectivity index (χ2n) is 8.05. The third kappa shape index (κ3) is 6.63. The molecule has 4 nitrogen and oxygen atoms in total. The van der Waals surface area contributed by atoms with Crippen LogP contribution in [0.3, 0.4) is 0 Å². The monoisotopic (exact) mass is 404 g/mol. The van der Waals surface area contributed by atoms with Crippen LogP contribution < -0.4 is 10.1 Å². The van der Waals surface area contributed by atoms with Gasteiger partial charge in [-0.15, -0.1) is 0 Å². The summed E-state index contributed by atoms with van der Waals surface area (Å²) in [6.07, 6.45) is 11.7. The maximum atomic E-state index is 5.92. The smallest absolute Gasteiger partial charge is 0.169 e. The van der Waals surface area contributed by atoms with Crippen molar-refractivity contribution in [3.05, 3.63) is 29.8 Å². The van der Waals surface area contributed by atoms with Crippen LogP contribution in [0.5, 0.6) is 5.75 Å². The lowest BCUT2D eigenvalue weighted by Gasteiger charge is -2.32. The highest BCUT2D eigenvalue weighted by Gasteiger charge is 2.23. The molecule has 1 aliphatic carbocycles. The lowest BCUT2D eigenvalue weighted by Crippen LogP contribution is -2.47. The lowest BCUT2D eigenvalue weighted by molar-refractivity contribution is 0.0893. The van der Waals surface area contributed by atoms with Crippen LogP contribution in [-0.4, -0.2) is 41.9 Å². The molecular formula is C23H36N2O2S. The predicted octanol–water partition coefficient (Wildman–Crippen LogP) is 5.05. The number of hydrogen-bond acceptors (Lipinski definition) is 3. The highest BCUT2D eigenvalue weighted by molar-refractivity contribution is 7.80. The molecule has 156 valence electrons. The summed E-state index contributed by atoms with van der Waals surface area (Å²) in [4.78, 5) is 2.29. The fourth-order valence-electron chi connectivity index (χ4n) is 4.26. The van der Waals surface area contributed by atoms with E-state index in [0.29, 0.717) is 12.6 Å². The summed E-state index contributed by atoms with van der Waals surface area (Å²) < 4.78 is 11.8. The van der Waals surface area contributed by atoms with Gasteiger partial charge in [-0.05, 0) is 50.9 Å². The summed E-state index contributed by atoms with van der Waals surface area (Å²) in [6.45, 7) is 5.18. The molecule has 0 radical (unpaired) electrons. The van der Waals surface area contributed by atoms with Crippen molar-refractivity contribution in [3.63, 3.8) is 0 Å². The van der Waals surface area contributed by atoms with E-state index in [2.05, 4.69) is 22.3 Å². The molecule has 1 saturated carbocycles. The molecule has 1 N–H and O–H groups in total. The first kappa shape index (κ1) is 21.4. The first-order valence-corrected chi connectivity index (χ1v) is 11.5. The lowest BCUT2D eigenvalue weighted by atomic mass is 9.97. The molecule has 1 saturated heterocycles. The van der Waals surface area contributed by atoms with Gasteiger partial charge < -0.3 is 19.7 Å². The van der Waals surface area contributed by atoms with E-state index >= 15 is 0 Å². The zero-order valence-corrected chi connectivity index (χ0v) is 18.1. The Hall–Kier alpha value is -1.33. The summed E-state index contributed by atoms with van der Waals surface area (Å²) in [5, 5.41) is 4.56. The van der Waals surface area contributed by atoms with Crippen LogP contribution in [0.1, 0.15) is 70.3 Å². The zero-order chi connectivity index (χ0) is 19.6. The second kappa shape index (κ2) is 11.6. The van der Waals surface area contributed by atoms with Gasteiger partial charge in [0.1, 0.15) is 5.75 Å². The number of hydrogen-bond donors (Lipinski definition) is 1. The quantitative estimate of drug-likeness (QED) is 0.643. The molecule has 1 aromatic rings. The number of benzene rings is 1. The normalized spacial score (nSPS) is 21.0. The standard InChI is InChI=1S/C23H36N2O2S/c1-2-26-22-15-9-8-11-19(22)17-25(18-21-14-10-16-27-21)23(28)24-20-12-6-4-3-5-7-13-20/h8-9,11,15,20-21H,2-7,10,12-14,16-18H2,1H3,(H,24,28). The molecule has 0 aromatic heterocycles. The van der Waals surface area contributed by atoms with E-state index in [0.717, 1.165) is 43.4 Å². The second-order valence-corrected chi connectivity index (χ2v) is 8.43. The minimum Gasteiger partial charge on any atom is -0.494 e. The Morgan fingerprint density at radius 1 is 1.11 bits per heavy atom. The van der Waals surface area contributed by atoms with E-state index in [1.807, 2.05) is 19.1 Å². The highest BCUT2D eigenvalue weighted by atomic mass is 32.1. The topological polar surface area (TPSA) is 33.7 Å². The van der Waals surface area contributed by atoms with Gasteiger partial charge in [0, 0.05) is 31.3 Å². The van der Waals surface area contributed by atoms with Gasteiger partial charge in [0.2, 0.25) is 0 Å². The van der Waals surface area contributed by atoms with Gasteiger partial charge in [0.25, 0.3) is 0 Å². The van der Waals surface area contributed by atoms with E-state index in [9.17, 15) is 0 Å². The third-order valence-corrected chi connectivity index (χ3v) is 6.18. The number of thiocarbonyl (C=S) groups is 1. The number of ether oxygens (including phenoxy) is 2. The summed E-state index contributed by atoms with van der Waals surface area (Å²) in [5.74, 6) is 0.955. The Morgan fingerprint density at radius 2 is 1.86 bits per heavy atom. The Bertz CT molecular complexity index is 596. The molecule has 1 atom stereocenters. The van der Waals surface area contributed by atoms with E-state index in [4.69, 9.17) is 21.7 Å². The van der Waals surface area contributed by atoms with Crippen molar-refractivity contribution in [3.8, 4) is 5.75 Å². The molecule has 2 fully saturated rings. The molecular weight excluding hydrogens is 368 g/mol. The van der Waals surface area contributed by atoms with E-state index in [-0.39, 0.29) is 6.10 Å². The van der Waals surface area contributed by atoms with Crippen molar-refractivity contribution >= 4 is 17.3 Å². The summed E-state index contributed by atoms with van der Waals surface area (Å²) in [6, 6.07) is 8.81. The molecule has 0 spiro atoms. The average Bonchev–Trinajstić information content (AvgIpc) is 3.18. The first-order chi connectivity index (χ1) is 13.8. The zero-order valence-electron chi connectivity index (χ0n) is 17.3. The van der Waals surface area contributed by atoms with Crippen molar-refractivity contribution in [2.75, 3.05) is 19.8 Å². The Labute approximate surface area is 176 Å². The van der Waals surface area contributed by atoms with Gasteiger partial charge in [-0.2, -0.15) is 0 Å². The van der Waals surface area contributed by atoms with Crippen LogP contribution >= 0.6 is 12.2 Å². The molecule has 5 heteroatoms. The molecule has 1 unspecified atom stereocenters. The Kier molecular flexibility index (Phi) is 8.87. The maximum absolute atomic E-state index is 5.92. The Balaban J connectivity index is 1.67. The van der Waals surface area contributed by atoms with E-state index in [1.54, 1.807) is 0 Å². The summed E-state index contributed by atoms with van der Waals surface area (Å²) in [7, 11) is 0. The van der Waals surface area contributed by atoms with Crippen LogP contribution in [0.4, 0.5) is 0 Å². The fourth-order valence-corrected chi connectivity index (χ4v) is 4.56. The van der Waals surface area contributed by atoms with Crippen molar-refractivity contribution in [2.24, 2.45) is 0 Å².